The summed E-state index contributed by atoms with van der Waals surface area (Å²) in [6, 6.07) is 10.7. The van der Waals surface area contributed by atoms with Crippen molar-refractivity contribution in [1.29, 1.82) is 0 Å². The number of fused-ring (bicyclic) bond motifs is 3. The molecule has 0 aliphatic carbocycles. The largest absolute Gasteiger partial charge is 0.416 e. The van der Waals surface area contributed by atoms with E-state index >= 15 is 0 Å². The van der Waals surface area contributed by atoms with Gasteiger partial charge in [0.1, 0.15) is 6.04 Å². The Hall–Kier alpha value is -3.75. The summed E-state index contributed by atoms with van der Waals surface area (Å²) in [6.45, 7) is 0. The average molecular weight is 439 g/mol. The molecule has 2 fully saturated rings. The lowest BCUT2D eigenvalue weighted by Crippen LogP contribution is -2.46. The Labute approximate surface area is 180 Å². The van der Waals surface area contributed by atoms with Crippen LogP contribution in [0.4, 0.5) is 18.9 Å². The quantitative estimate of drug-likeness (QED) is 0.544. The van der Waals surface area contributed by atoms with E-state index in [1.54, 1.807) is 42.5 Å². The number of imide groups is 1. The topological polar surface area (TPSA) is 70.0 Å². The molecule has 9 heteroatoms. The van der Waals surface area contributed by atoms with Crippen molar-refractivity contribution >= 4 is 29.5 Å². The number of rotatable bonds is 3. The van der Waals surface area contributed by atoms with Gasteiger partial charge in [0.25, 0.3) is 0 Å². The van der Waals surface area contributed by atoms with E-state index in [-0.39, 0.29) is 11.5 Å². The Morgan fingerprint density at radius 3 is 2.38 bits per heavy atom. The minimum Gasteiger partial charge on any atom is -0.292 e. The van der Waals surface area contributed by atoms with Crippen LogP contribution in [0.1, 0.15) is 15.9 Å². The first-order valence-electron chi connectivity index (χ1n) is 9.92. The Bertz CT molecular complexity index is 1180. The van der Waals surface area contributed by atoms with Crippen LogP contribution in [0.3, 0.4) is 0 Å². The molecule has 5 rings (SSSR count). The predicted octanol–water partition coefficient (Wildman–Crippen LogP) is 3.30. The zero-order valence-corrected chi connectivity index (χ0v) is 16.4. The second-order valence-corrected chi connectivity index (χ2v) is 7.81. The third kappa shape index (κ3) is 2.96. The molecule has 3 aliphatic rings. The molecule has 0 N–H and O–H groups in total. The highest BCUT2D eigenvalue weighted by Crippen LogP contribution is 2.46. The summed E-state index contributed by atoms with van der Waals surface area (Å²) in [4.78, 5) is 40.9. The van der Waals surface area contributed by atoms with E-state index in [2.05, 4.69) is 5.10 Å². The second-order valence-electron chi connectivity index (χ2n) is 7.81. The number of Topliss-reactive ketones (excluding diaryl/α,β-unsaturated/α-hetero) is 1. The highest BCUT2D eigenvalue weighted by Gasteiger charge is 2.64. The van der Waals surface area contributed by atoms with Gasteiger partial charge in [-0.05, 0) is 24.3 Å². The lowest BCUT2D eigenvalue weighted by molar-refractivity contribution is -0.137. The summed E-state index contributed by atoms with van der Waals surface area (Å²) in [6.07, 6.45) is 0.158. The van der Waals surface area contributed by atoms with Crippen LogP contribution in [0.25, 0.3) is 0 Å². The third-order valence-corrected chi connectivity index (χ3v) is 6.05. The van der Waals surface area contributed by atoms with Crippen LogP contribution in [0, 0.1) is 11.8 Å². The smallest absolute Gasteiger partial charge is 0.292 e. The highest BCUT2D eigenvalue weighted by molar-refractivity contribution is 6.24. The van der Waals surface area contributed by atoms with Crippen LogP contribution >= 0.6 is 0 Å². The van der Waals surface area contributed by atoms with Crippen molar-refractivity contribution < 1.29 is 27.6 Å². The number of hydrazone groups is 1. The molecule has 0 spiro atoms. The van der Waals surface area contributed by atoms with Gasteiger partial charge in [-0.2, -0.15) is 18.3 Å². The number of carbonyl (C=O) groups excluding carboxylic acids is 3. The zero-order valence-electron chi connectivity index (χ0n) is 16.4. The first-order valence-corrected chi connectivity index (χ1v) is 9.92. The second kappa shape index (κ2) is 7.15. The number of allylic oxidation sites excluding steroid dienone is 1. The summed E-state index contributed by atoms with van der Waals surface area (Å²) >= 11 is 0. The molecule has 2 amide bonds. The Kier molecular flexibility index (Phi) is 4.51. The number of carbonyl (C=O) groups is 3. The van der Waals surface area contributed by atoms with E-state index in [1.165, 1.54) is 17.3 Å². The zero-order chi connectivity index (χ0) is 22.6. The van der Waals surface area contributed by atoms with Gasteiger partial charge in [0.15, 0.2) is 5.78 Å². The number of benzene rings is 2. The number of alkyl halides is 3. The van der Waals surface area contributed by atoms with Crippen LogP contribution in [-0.4, -0.2) is 40.9 Å². The SMILES string of the molecule is O=C(c1ccccc1)[C@@H]1[C@@H]2C(=O)N(c3cccc(C(F)(F)F)c3)C(=O)[C@@H]2[C@H]2C=CC=NN21. The van der Waals surface area contributed by atoms with Crippen molar-refractivity contribution in [2.24, 2.45) is 16.9 Å². The molecule has 2 aromatic rings. The number of ketones is 1. The maximum Gasteiger partial charge on any atom is 0.416 e. The van der Waals surface area contributed by atoms with Crippen LogP contribution in [0.5, 0.6) is 0 Å². The fourth-order valence-corrected chi connectivity index (χ4v) is 4.69. The number of hydrogen-bond donors (Lipinski definition) is 0. The first kappa shape index (κ1) is 20.2. The molecule has 0 aromatic heterocycles. The average Bonchev–Trinajstić information content (AvgIpc) is 3.26. The van der Waals surface area contributed by atoms with Crippen molar-refractivity contribution in [2.75, 3.05) is 4.90 Å². The van der Waals surface area contributed by atoms with Crippen molar-refractivity contribution in [3.05, 3.63) is 77.9 Å². The molecule has 3 aliphatic heterocycles. The van der Waals surface area contributed by atoms with Crippen LogP contribution in [0.15, 0.2) is 71.9 Å². The summed E-state index contributed by atoms with van der Waals surface area (Å²) in [7, 11) is 0. The minimum absolute atomic E-state index is 0.162. The highest BCUT2D eigenvalue weighted by atomic mass is 19.4. The van der Waals surface area contributed by atoms with Gasteiger partial charge in [-0.1, -0.05) is 42.5 Å². The number of halogens is 3. The molecular formula is C23H16F3N3O3. The summed E-state index contributed by atoms with van der Waals surface area (Å²) < 4.78 is 39.6. The van der Waals surface area contributed by atoms with Gasteiger partial charge in [-0.15, -0.1) is 0 Å². The van der Waals surface area contributed by atoms with E-state index in [1.807, 2.05) is 0 Å². The summed E-state index contributed by atoms with van der Waals surface area (Å²) in [5, 5.41) is 5.71. The molecule has 32 heavy (non-hydrogen) atoms. The Morgan fingerprint density at radius 1 is 0.938 bits per heavy atom. The van der Waals surface area contributed by atoms with Gasteiger partial charge in [0.2, 0.25) is 11.8 Å². The first-order chi connectivity index (χ1) is 15.3. The Balaban J connectivity index is 1.57. The fraction of sp³-hybridized carbons (Fsp3) is 0.217. The molecule has 0 saturated carbocycles. The van der Waals surface area contributed by atoms with Gasteiger partial charge in [-0.25, -0.2) is 4.90 Å². The molecule has 3 heterocycles. The standard InChI is InChI=1S/C23H16F3N3O3/c24-23(25,26)14-8-4-9-15(12-14)28-21(31)17-16-10-5-11-27-29(16)19(18(17)22(28)32)20(30)13-6-2-1-3-7-13/h1-12,16-19H/t16-,17-,18-,19+/m1/s1. The number of hydrogen-bond acceptors (Lipinski definition) is 5. The molecule has 6 nitrogen and oxygen atoms in total. The number of amides is 2. The van der Waals surface area contributed by atoms with Crippen molar-refractivity contribution in [1.82, 2.24) is 5.01 Å². The maximum absolute atomic E-state index is 13.4. The van der Waals surface area contributed by atoms with E-state index < -0.39 is 47.5 Å². The molecular weight excluding hydrogens is 423 g/mol. The van der Waals surface area contributed by atoms with Crippen molar-refractivity contribution in [2.45, 2.75) is 18.3 Å². The lowest BCUT2D eigenvalue weighted by atomic mass is 9.86. The van der Waals surface area contributed by atoms with E-state index in [4.69, 9.17) is 0 Å². The molecule has 0 radical (unpaired) electrons. The lowest BCUT2D eigenvalue weighted by Gasteiger charge is -2.30. The summed E-state index contributed by atoms with van der Waals surface area (Å²) in [5.41, 5.74) is -0.766. The fourth-order valence-electron chi connectivity index (χ4n) is 4.69. The molecule has 162 valence electrons. The third-order valence-electron chi connectivity index (χ3n) is 6.05. The van der Waals surface area contributed by atoms with Crippen molar-refractivity contribution in [3.8, 4) is 0 Å². The van der Waals surface area contributed by atoms with Gasteiger partial charge in [-0.3, -0.25) is 19.4 Å². The van der Waals surface area contributed by atoms with Crippen molar-refractivity contribution in [3.63, 3.8) is 0 Å². The Morgan fingerprint density at radius 2 is 1.66 bits per heavy atom. The van der Waals surface area contributed by atoms with Gasteiger partial charge in [0, 0.05) is 11.8 Å². The number of nitrogens with zero attached hydrogens (tertiary/aromatic N) is 3. The minimum atomic E-state index is -4.62. The van der Waals surface area contributed by atoms with Crippen LogP contribution in [-0.2, 0) is 15.8 Å². The van der Waals surface area contributed by atoms with Crippen LogP contribution in [0.2, 0.25) is 0 Å². The van der Waals surface area contributed by atoms with Gasteiger partial charge in [0.05, 0.1) is 29.1 Å². The van der Waals surface area contributed by atoms with Gasteiger partial charge >= 0.3 is 6.18 Å². The molecule has 2 saturated heterocycles. The molecule has 2 aromatic carbocycles. The molecule has 0 unspecified atom stereocenters. The molecule has 0 bridgehead atoms. The molecule has 4 atom stereocenters. The van der Waals surface area contributed by atoms with Gasteiger partial charge < -0.3 is 0 Å². The monoisotopic (exact) mass is 439 g/mol. The van der Waals surface area contributed by atoms with E-state index in [0.717, 1.165) is 23.1 Å². The predicted molar refractivity (Wildman–Crippen MR) is 109 cm³/mol. The number of anilines is 1. The van der Waals surface area contributed by atoms with E-state index in [9.17, 15) is 27.6 Å². The van der Waals surface area contributed by atoms with Crippen LogP contribution < -0.4 is 4.90 Å². The normalized spacial score (nSPS) is 26.5. The van der Waals surface area contributed by atoms with E-state index in [0.29, 0.717) is 5.56 Å². The maximum atomic E-state index is 13.4. The summed E-state index contributed by atoms with van der Waals surface area (Å²) in [5.74, 6) is -3.70.